The number of para-hydroxylation sites is 1. The van der Waals surface area contributed by atoms with E-state index in [0.717, 1.165) is 53.7 Å². The van der Waals surface area contributed by atoms with Crippen LogP contribution in [-0.4, -0.2) is 52.1 Å². The van der Waals surface area contributed by atoms with Crippen LogP contribution < -0.4 is 10.6 Å². The number of amides is 1. The van der Waals surface area contributed by atoms with Gasteiger partial charge in [-0.1, -0.05) is 30.3 Å². The highest BCUT2D eigenvalue weighted by atomic mass is 19.4. The van der Waals surface area contributed by atoms with Crippen LogP contribution in [0.4, 0.5) is 30.5 Å². The Labute approximate surface area is 266 Å². The third kappa shape index (κ3) is 5.56. The highest BCUT2D eigenvalue weighted by Crippen LogP contribution is 2.38. The number of anilines is 3. The molecule has 3 N–H and O–H groups in total. The zero-order valence-electron chi connectivity index (χ0n) is 24.8. The number of halogens is 3. The standard InChI is InChI=1S/C33H28F3N9O2/c34-33(35,36)22-13-14-38-27(17-22)44(23-5-2-1-3-6-23)32(47)21-11-9-20(10-12-21)29-28-30(37)39-19-40-31(28)45(42-29)26-8-4-7-25-24(26)18-43(41-25)15-16-46/h1-3,5-6,9-14,17-19,26,46H,4,7-8,15-16H2,(H2,37,39,40)/t26-/m1/s1. The molecule has 6 aromatic rings. The number of hydrogen-bond acceptors (Lipinski definition) is 8. The van der Waals surface area contributed by atoms with Gasteiger partial charge in [-0.2, -0.15) is 23.4 Å². The van der Waals surface area contributed by atoms with Crippen LogP contribution in [0.2, 0.25) is 0 Å². The van der Waals surface area contributed by atoms with Crippen molar-refractivity contribution in [3.63, 3.8) is 0 Å². The second kappa shape index (κ2) is 11.9. The lowest BCUT2D eigenvalue weighted by Gasteiger charge is -2.23. The molecule has 0 saturated heterocycles. The van der Waals surface area contributed by atoms with E-state index in [4.69, 9.17) is 10.8 Å². The zero-order valence-corrected chi connectivity index (χ0v) is 24.8. The minimum absolute atomic E-state index is 0.0259. The molecule has 14 heteroatoms. The molecule has 0 radical (unpaired) electrons. The Morgan fingerprint density at radius 2 is 1.81 bits per heavy atom. The molecule has 1 aliphatic rings. The third-order valence-corrected chi connectivity index (χ3v) is 8.19. The van der Waals surface area contributed by atoms with Gasteiger partial charge in [-0.25, -0.2) is 19.6 Å². The number of carbonyl (C=O) groups excluding carboxylic acids is 1. The number of carbonyl (C=O) groups is 1. The maximum absolute atomic E-state index is 13.9. The number of benzene rings is 2. The first-order valence-corrected chi connectivity index (χ1v) is 14.9. The molecule has 0 unspecified atom stereocenters. The van der Waals surface area contributed by atoms with Gasteiger partial charge in [0.2, 0.25) is 0 Å². The summed E-state index contributed by atoms with van der Waals surface area (Å²) in [7, 11) is 0. The number of nitrogens with two attached hydrogens (primary N) is 1. The number of rotatable bonds is 7. The Morgan fingerprint density at radius 1 is 1.02 bits per heavy atom. The number of pyridine rings is 1. The van der Waals surface area contributed by atoms with Gasteiger partial charge in [0.05, 0.1) is 41.5 Å². The van der Waals surface area contributed by atoms with Crippen molar-refractivity contribution in [3.05, 3.63) is 108 Å². The summed E-state index contributed by atoms with van der Waals surface area (Å²) in [6.07, 6.45) is 2.25. The molecule has 0 saturated carbocycles. The minimum atomic E-state index is -4.61. The highest BCUT2D eigenvalue weighted by Gasteiger charge is 2.33. The van der Waals surface area contributed by atoms with E-state index >= 15 is 0 Å². The van der Waals surface area contributed by atoms with E-state index in [9.17, 15) is 23.1 Å². The number of fused-ring (bicyclic) bond motifs is 2. The van der Waals surface area contributed by atoms with E-state index in [1.165, 1.54) is 6.33 Å². The molecular weight excluding hydrogens is 611 g/mol. The lowest BCUT2D eigenvalue weighted by molar-refractivity contribution is -0.137. The van der Waals surface area contributed by atoms with Crippen molar-refractivity contribution in [1.29, 1.82) is 0 Å². The third-order valence-electron chi connectivity index (χ3n) is 8.19. The first-order valence-electron chi connectivity index (χ1n) is 14.9. The summed E-state index contributed by atoms with van der Waals surface area (Å²) in [6, 6.07) is 16.5. The number of alkyl halides is 3. The quantitative estimate of drug-likeness (QED) is 0.231. The second-order valence-corrected chi connectivity index (χ2v) is 11.1. The summed E-state index contributed by atoms with van der Waals surface area (Å²) < 4.78 is 44.2. The van der Waals surface area contributed by atoms with Crippen molar-refractivity contribution in [2.24, 2.45) is 0 Å². The molecule has 0 fully saturated rings. The number of hydrogen-bond donors (Lipinski definition) is 2. The van der Waals surface area contributed by atoms with Crippen LogP contribution in [0, 0.1) is 0 Å². The van der Waals surface area contributed by atoms with E-state index in [-0.39, 0.29) is 29.8 Å². The van der Waals surface area contributed by atoms with Gasteiger partial charge in [-0.15, -0.1) is 0 Å². The number of aryl methyl sites for hydroxylation is 1. The molecule has 238 valence electrons. The maximum Gasteiger partial charge on any atom is 0.416 e. The average molecular weight is 640 g/mol. The summed E-state index contributed by atoms with van der Waals surface area (Å²) >= 11 is 0. The van der Waals surface area contributed by atoms with Crippen LogP contribution in [-0.2, 0) is 19.1 Å². The van der Waals surface area contributed by atoms with E-state index in [0.29, 0.717) is 34.5 Å². The van der Waals surface area contributed by atoms with Gasteiger partial charge in [0.25, 0.3) is 5.91 Å². The number of aliphatic hydroxyl groups is 1. The van der Waals surface area contributed by atoms with Gasteiger partial charge < -0.3 is 10.8 Å². The summed E-state index contributed by atoms with van der Waals surface area (Å²) in [5.74, 6) is -0.486. The summed E-state index contributed by atoms with van der Waals surface area (Å²) in [6.45, 7) is 0.360. The first kappa shape index (κ1) is 30.0. The molecular formula is C33H28F3N9O2. The molecule has 0 spiro atoms. The molecule has 4 aromatic heterocycles. The van der Waals surface area contributed by atoms with Crippen LogP contribution in [0.1, 0.15) is 46.1 Å². The predicted octanol–water partition coefficient (Wildman–Crippen LogP) is 5.58. The molecule has 0 aliphatic heterocycles. The normalized spacial score (nSPS) is 14.7. The van der Waals surface area contributed by atoms with Gasteiger partial charge in [-0.3, -0.25) is 14.4 Å². The summed E-state index contributed by atoms with van der Waals surface area (Å²) in [5.41, 5.74) is 9.69. The van der Waals surface area contributed by atoms with Gasteiger partial charge in [0, 0.05) is 29.1 Å². The van der Waals surface area contributed by atoms with Crippen molar-refractivity contribution in [1.82, 2.24) is 34.5 Å². The van der Waals surface area contributed by atoms with Crippen LogP contribution in [0.15, 0.2) is 85.5 Å². The lowest BCUT2D eigenvalue weighted by Crippen LogP contribution is -2.27. The summed E-state index contributed by atoms with van der Waals surface area (Å²) in [5, 5.41) is 19.6. The topological polar surface area (TPSA) is 141 Å². The van der Waals surface area contributed by atoms with Crippen LogP contribution in [0.5, 0.6) is 0 Å². The number of aromatic nitrogens is 7. The molecule has 1 amide bonds. The zero-order chi connectivity index (χ0) is 32.7. The molecule has 1 atom stereocenters. The van der Waals surface area contributed by atoms with E-state index < -0.39 is 17.6 Å². The predicted molar refractivity (Wildman–Crippen MR) is 168 cm³/mol. The maximum atomic E-state index is 13.9. The van der Waals surface area contributed by atoms with Gasteiger partial charge >= 0.3 is 6.18 Å². The van der Waals surface area contributed by atoms with Crippen molar-refractivity contribution >= 4 is 34.3 Å². The van der Waals surface area contributed by atoms with Gasteiger partial charge in [-0.05, 0) is 55.7 Å². The van der Waals surface area contributed by atoms with Crippen molar-refractivity contribution in [2.45, 2.75) is 38.0 Å². The SMILES string of the molecule is Nc1ncnc2c1c(-c1ccc(C(=O)N(c3ccccc3)c3cc(C(F)(F)F)ccn3)cc1)nn2[C@@H]1CCCc2nn(CCO)cc21. The van der Waals surface area contributed by atoms with Crippen LogP contribution in [0.25, 0.3) is 22.3 Å². The summed E-state index contributed by atoms with van der Waals surface area (Å²) in [4.78, 5) is 27.9. The Balaban J connectivity index is 1.27. The largest absolute Gasteiger partial charge is 0.416 e. The molecule has 1 aliphatic carbocycles. The number of nitrogen functional groups attached to an aromatic ring is 1. The van der Waals surface area contributed by atoms with E-state index in [1.807, 2.05) is 10.9 Å². The van der Waals surface area contributed by atoms with Crippen molar-refractivity contribution < 1.29 is 23.1 Å². The Kier molecular flexibility index (Phi) is 7.64. The number of aliphatic hydroxyl groups excluding tert-OH is 1. The minimum Gasteiger partial charge on any atom is -0.394 e. The van der Waals surface area contributed by atoms with Crippen LogP contribution in [0.3, 0.4) is 0 Å². The fraction of sp³-hybridized carbons (Fsp3) is 0.212. The van der Waals surface area contributed by atoms with E-state index in [1.54, 1.807) is 59.3 Å². The second-order valence-electron chi connectivity index (χ2n) is 11.1. The Bertz CT molecular complexity index is 2080. The average Bonchev–Trinajstić information content (AvgIpc) is 3.68. The van der Waals surface area contributed by atoms with Crippen molar-refractivity contribution in [2.75, 3.05) is 17.2 Å². The molecule has 4 heterocycles. The lowest BCUT2D eigenvalue weighted by atomic mass is 9.93. The molecule has 11 nitrogen and oxygen atoms in total. The Morgan fingerprint density at radius 3 is 2.55 bits per heavy atom. The first-order chi connectivity index (χ1) is 22.7. The fourth-order valence-corrected chi connectivity index (χ4v) is 6.00. The fourth-order valence-electron chi connectivity index (χ4n) is 6.00. The molecule has 0 bridgehead atoms. The monoisotopic (exact) mass is 639 g/mol. The van der Waals surface area contributed by atoms with Gasteiger partial charge in [0.15, 0.2) is 5.65 Å². The van der Waals surface area contributed by atoms with E-state index in [2.05, 4.69) is 20.1 Å². The molecule has 2 aromatic carbocycles. The van der Waals surface area contributed by atoms with Gasteiger partial charge in [0.1, 0.15) is 23.7 Å². The smallest absolute Gasteiger partial charge is 0.394 e. The molecule has 7 rings (SSSR count). The van der Waals surface area contributed by atoms with Crippen molar-refractivity contribution in [3.8, 4) is 11.3 Å². The number of nitrogens with zero attached hydrogens (tertiary/aromatic N) is 8. The van der Waals surface area contributed by atoms with Crippen LogP contribution >= 0.6 is 0 Å². The highest BCUT2D eigenvalue weighted by molar-refractivity contribution is 6.10. The molecule has 47 heavy (non-hydrogen) atoms. The Hall–Kier alpha value is -5.63.